The van der Waals surface area contributed by atoms with Crippen molar-refractivity contribution < 1.29 is 18.3 Å². The maximum absolute atomic E-state index is 13.8. The van der Waals surface area contributed by atoms with E-state index in [1.807, 2.05) is 25.1 Å². The van der Waals surface area contributed by atoms with Crippen molar-refractivity contribution in [1.29, 1.82) is 0 Å². The SMILES string of the molecule is CC(=O)C[C@@H](C)/C=C/c1ccc(Oc2ccc3c(c2Cl)CCC3(F)F)nc1. The number of carbonyl (C=O) groups excluding carboxylic acids is 1. The number of carbonyl (C=O) groups is 1. The van der Waals surface area contributed by atoms with Crippen molar-refractivity contribution >= 4 is 23.5 Å². The predicted octanol–water partition coefficient (Wildman–Crippen LogP) is 6.19. The summed E-state index contributed by atoms with van der Waals surface area (Å²) in [5.74, 6) is -1.88. The van der Waals surface area contributed by atoms with E-state index in [1.54, 1.807) is 19.2 Å². The Labute approximate surface area is 162 Å². The van der Waals surface area contributed by atoms with E-state index in [2.05, 4.69) is 4.98 Å². The van der Waals surface area contributed by atoms with Gasteiger partial charge in [0.25, 0.3) is 5.92 Å². The van der Waals surface area contributed by atoms with Crippen LogP contribution in [0.2, 0.25) is 5.02 Å². The summed E-state index contributed by atoms with van der Waals surface area (Å²) in [5, 5.41) is 0.216. The zero-order valence-corrected chi connectivity index (χ0v) is 15.9. The Kier molecular flexibility index (Phi) is 5.61. The molecule has 0 spiro atoms. The zero-order valence-electron chi connectivity index (χ0n) is 15.1. The number of pyridine rings is 1. The standard InChI is InChI=1S/C21H20ClF2NO2/c1-13(11-14(2)26)3-4-15-5-8-19(25-12-15)27-18-7-6-17-16(20(18)22)9-10-21(17,23)24/h3-8,12-13H,9-11H2,1-2H3/b4-3+/t13-/m0/s1. The highest BCUT2D eigenvalue weighted by Crippen LogP contribution is 2.47. The van der Waals surface area contributed by atoms with Crippen LogP contribution in [0.4, 0.5) is 8.78 Å². The largest absolute Gasteiger partial charge is 0.437 e. The highest BCUT2D eigenvalue weighted by atomic mass is 35.5. The number of hydrogen-bond acceptors (Lipinski definition) is 3. The van der Waals surface area contributed by atoms with Crippen molar-refractivity contribution in [3.63, 3.8) is 0 Å². The van der Waals surface area contributed by atoms with Gasteiger partial charge >= 0.3 is 0 Å². The Balaban J connectivity index is 1.71. The van der Waals surface area contributed by atoms with Gasteiger partial charge in [0.05, 0.1) is 5.02 Å². The molecule has 0 bridgehead atoms. The normalized spacial score (nSPS) is 16.3. The second-order valence-electron chi connectivity index (χ2n) is 6.88. The van der Waals surface area contributed by atoms with Crippen LogP contribution in [0.3, 0.4) is 0 Å². The quantitative estimate of drug-likeness (QED) is 0.589. The van der Waals surface area contributed by atoms with Gasteiger partial charge in [0.2, 0.25) is 5.88 Å². The Bertz CT molecular complexity index is 878. The summed E-state index contributed by atoms with van der Waals surface area (Å²) in [7, 11) is 0. The second-order valence-corrected chi connectivity index (χ2v) is 7.26. The zero-order chi connectivity index (χ0) is 19.6. The molecule has 2 aromatic rings. The fourth-order valence-corrected chi connectivity index (χ4v) is 3.44. The molecule has 6 heteroatoms. The molecule has 1 atom stereocenters. The molecule has 3 nitrogen and oxygen atoms in total. The van der Waals surface area contributed by atoms with Gasteiger partial charge in [-0.2, -0.15) is 0 Å². The van der Waals surface area contributed by atoms with Crippen LogP contribution >= 0.6 is 11.6 Å². The minimum absolute atomic E-state index is 0.0204. The molecular formula is C21H20ClF2NO2. The van der Waals surface area contributed by atoms with Gasteiger partial charge in [-0.1, -0.05) is 30.7 Å². The second kappa shape index (κ2) is 7.77. The number of alkyl halides is 2. The van der Waals surface area contributed by atoms with Crippen molar-refractivity contribution in [3.8, 4) is 11.6 Å². The van der Waals surface area contributed by atoms with Crippen molar-refractivity contribution in [3.05, 3.63) is 58.3 Å². The maximum atomic E-state index is 13.8. The van der Waals surface area contributed by atoms with E-state index in [9.17, 15) is 13.6 Å². The average molecular weight is 392 g/mol. The number of nitrogens with zero attached hydrogens (tertiary/aromatic N) is 1. The van der Waals surface area contributed by atoms with Gasteiger partial charge in [-0.05, 0) is 48.6 Å². The van der Waals surface area contributed by atoms with Crippen LogP contribution in [0.1, 0.15) is 43.4 Å². The summed E-state index contributed by atoms with van der Waals surface area (Å²) in [6.45, 7) is 3.55. The monoisotopic (exact) mass is 391 g/mol. The van der Waals surface area contributed by atoms with Crippen molar-refractivity contribution in [1.82, 2.24) is 4.98 Å². The molecule has 0 radical (unpaired) electrons. The first-order chi connectivity index (χ1) is 12.8. The number of ketones is 1. The molecule has 1 aromatic carbocycles. The average Bonchev–Trinajstić information content (AvgIpc) is 2.92. The molecule has 0 amide bonds. The van der Waals surface area contributed by atoms with E-state index >= 15 is 0 Å². The molecule has 142 valence electrons. The number of fused-ring (bicyclic) bond motifs is 1. The molecular weight excluding hydrogens is 372 g/mol. The maximum Gasteiger partial charge on any atom is 0.273 e. The van der Waals surface area contributed by atoms with Gasteiger partial charge in [0, 0.05) is 30.7 Å². The lowest BCUT2D eigenvalue weighted by Gasteiger charge is -2.13. The number of hydrogen-bond donors (Lipinski definition) is 0. The molecule has 3 rings (SSSR count). The first kappa shape index (κ1) is 19.5. The molecule has 0 saturated carbocycles. The molecule has 1 heterocycles. The molecule has 1 aliphatic carbocycles. The van der Waals surface area contributed by atoms with Gasteiger partial charge < -0.3 is 9.53 Å². The fraction of sp³-hybridized carbons (Fsp3) is 0.333. The molecule has 0 saturated heterocycles. The lowest BCUT2D eigenvalue weighted by Crippen LogP contribution is -2.07. The first-order valence-corrected chi connectivity index (χ1v) is 9.15. The number of benzene rings is 1. The van der Waals surface area contributed by atoms with Crippen LogP contribution in [0, 0.1) is 5.92 Å². The van der Waals surface area contributed by atoms with Gasteiger partial charge in [-0.25, -0.2) is 13.8 Å². The summed E-state index contributed by atoms with van der Waals surface area (Å²) in [6, 6.07) is 6.35. The molecule has 1 aromatic heterocycles. The lowest BCUT2D eigenvalue weighted by molar-refractivity contribution is -0.117. The molecule has 0 aliphatic heterocycles. The van der Waals surface area contributed by atoms with Crippen molar-refractivity contribution in [2.24, 2.45) is 5.92 Å². The van der Waals surface area contributed by atoms with E-state index < -0.39 is 5.92 Å². The summed E-state index contributed by atoms with van der Waals surface area (Å²) < 4.78 is 33.2. The van der Waals surface area contributed by atoms with Crippen LogP contribution in [0.5, 0.6) is 11.6 Å². The Morgan fingerprint density at radius 1 is 1.37 bits per heavy atom. The number of rotatable bonds is 6. The summed E-state index contributed by atoms with van der Waals surface area (Å²) in [4.78, 5) is 15.3. The smallest absolute Gasteiger partial charge is 0.273 e. The fourth-order valence-electron chi connectivity index (χ4n) is 3.14. The number of Topliss-reactive ketones (excluding diaryl/α,β-unsaturated/α-hetero) is 1. The minimum atomic E-state index is -2.83. The molecule has 0 fully saturated rings. The Morgan fingerprint density at radius 3 is 2.81 bits per heavy atom. The van der Waals surface area contributed by atoms with Crippen LogP contribution in [-0.4, -0.2) is 10.8 Å². The topological polar surface area (TPSA) is 39.2 Å². The predicted molar refractivity (Wildman–Crippen MR) is 101 cm³/mol. The van der Waals surface area contributed by atoms with Crippen LogP contribution in [0.15, 0.2) is 36.5 Å². The first-order valence-electron chi connectivity index (χ1n) is 8.77. The van der Waals surface area contributed by atoms with E-state index in [0.29, 0.717) is 23.6 Å². The Morgan fingerprint density at radius 2 is 2.15 bits per heavy atom. The van der Waals surface area contributed by atoms with Gasteiger partial charge in [-0.15, -0.1) is 0 Å². The van der Waals surface area contributed by atoms with E-state index in [-0.39, 0.29) is 35.1 Å². The van der Waals surface area contributed by atoms with Crippen molar-refractivity contribution in [2.45, 2.75) is 39.0 Å². The minimum Gasteiger partial charge on any atom is -0.437 e. The summed E-state index contributed by atoms with van der Waals surface area (Å²) in [5.41, 5.74) is 1.29. The van der Waals surface area contributed by atoms with Gasteiger partial charge in [0.15, 0.2) is 0 Å². The third-order valence-electron chi connectivity index (χ3n) is 4.49. The number of aromatic nitrogens is 1. The Hall–Kier alpha value is -2.27. The molecule has 27 heavy (non-hydrogen) atoms. The van der Waals surface area contributed by atoms with E-state index in [0.717, 1.165) is 5.56 Å². The number of halogens is 3. The van der Waals surface area contributed by atoms with Crippen LogP contribution in [-0.2, 0) is 17.1 Å². The van der Waals surface area contributed by atoms with E-state index in [1.165, 1.54) is 12.1 Å². The number of ether oxygens (including phenoxy) is 1. The van der Waals surface area contributed by atoms with Crippen LogP contribution in [0.25, 0.3) is 6.08 Å². The molecule has 0 N–H and O–H groups in total. The third-order valence-corrected chi connectivity index (χ3v) is 4.91. The third kappa shape index (κ3) is 4.53. The highest BCUT2D eigenvalue weighted by molar-refractivity contribution is 6.33. The molecule has 1 aliphatic rings. The lowest BCUT2D eigenvalue weighted by atomic mass is 10.0. The molecule has 0 unspecified atom stereocenters. The van der Waals surface area contributed by atoms with Gasteiger partial charge in [-0.3, -0.25) is 0 Å². The van der Waals surface area contributed by atoms with Crippen LogP contribution < -0.4 is 4.74 Å². The van der Waals surface area contributed by atoms with E-state index in [4.69, 9.17) is 16.3 Å². The van der Waals surface area contributed by atoms with Gasteiger partial charge in [0.1, 0.15) is 11.5 Å². The summed E-state index contributed by atoms with van der Waals surface area (Å²) in [6.07, 6.45) is 5.99. The summed E-state index contributed by atoms with van der Waals surface area (Å²) >= 11 is 6.26. The van der Waals surface area contributed by atoms with Crippen molar-refractivity contribution in [2.75, 3.05) is 0 Å². The number of allylic oxidation sites excluding steroid dienone is 1. The highest BCUT2D eigenvalue weighted by Gasteiger charge is 2.40.